The van der Waals surface area contributed by atoms with Gasteiger partial charge in [-0.3, -0.25) is 4.90 Å². The molecule has 0 radical (unpaired) electrons. The van der Waals surface area contributed by atoms with E-state index in [1.165, 1.54) is 11.3 Å². The molecule has 3 rings (SSSR count). The van der Waals surface area contributed by atoms with Gasteiger partial charge in [-0.2, -0.15) is 5.10 Å². The Hall–Kier alpha value is -1.24. The van der Waals surface area contributed by atoms with E-state index in [2.05, 4.69) is 46.1 Å². The van der Waals surface area contributed by atoms with Crippen molar-refractivity contribution in [3.05, 3.63) is 38.8 Å². The van der Waals surface area contributed by atoms with Crippen molar-refractivity contribution in [2.24, 2.45) is 0 Å². The molecule has 1 fully saturated rings. The summed E-state index contributed by atoms with van der Waals surface area (Å²) < 4.78 is 2.81. The van der Waals surface area contributed by atoms with Crippen LogP contribution in [0.3, 0.4) is 0 Å². The lowest BCUT2D eigenvalue weighted by Gasteiger charge is -2.36. The number of aryl methyl sites for hydroxylation is 2. The molecule has 0 spiro atoms. The van der Waals surface area contributed by atoms with E-state index in [1.807, 2.05) is 11.6 Å². The minimum absolute atomic E-state index is 0.810. The lowest BCUT2D eigenvalue weighted by Crippen LogP contribution is -2.47. The maximum atomic E-state index is 5.34. The number of piperazine rings is 1. The van der Waals surface area contributed by atoms with Gasteiger partial charge in [-0.25, -0.2) is 4.68 Å². The summed E-state index contributed by atoms with van der Waals surface area (Å²) in [4.78, 5) is 4.89. The molecule has 0 aliphatic carbocycles. The number of para-hydroxylation sites is 1. The van der Waals surface area contributed by atoms with E-state index >= 15 is 0 Å². The molecular weight excluding hydrogens is 300 g/mol. The molecule has 0 amide bonds. The molecule has 1 aliphatic heterocycles. The molecule has 112 valence electrons. The van der Waals surface area contributed by atoms with Crippen LogP contribution in [0.4, 0.5) is 5.69 Å². The maximum Gasteiger partial charge on any atom is 0.180 e. The summed E-state index contributed by atoms with van der Waals surface area (Å²) in [5.41, 5.74) is 2.71. The number of hydrogen-bond acceptors (Lipinski definition) is 5. The zero-order valence-corrected chi connectivity index (χ0v) is 14.1. The minimum Gasteiger partial charge on any atom is -0.369 e. The summed E-state index contributed by atoms with van der Waals surface area (Å²) in [7, 11) is 0. The van der Waals surface area contributed by atoms with Gasteiger partial charge in [-0.1, -0.05) is 29.5 Å². The third kappa shape index (κ3) is 3.33. The Kier molecular flexibility index (Phi) is 4.37. The molecule has 0 unspecified atom stereocenters. The fourth-order valence-corrected chi connectivity index (χ4v) is 3.79. The summed E-state index contributed by atoms with van der Waals surface area (Å²) >= 11 is 6.93. The third-order valence-corrected chi connectivity index (χ3v) is 5.09. The van der Waals surface area contributed by atoms with Gasteiger partial charge in [0.15, 0.2) is 3.95 Å². The van der Waals surface area contributed by atoms with Crippen molar-refractivity contribution < 1.29 is 0 Å². The number of rotatable bonds is 3. The van der Waals surface area contributed by atoms with Crippen LogP contribution < -0.4 is 4.90 Å². The molecule has 2 aromatic rings. The molecule has 4 nitrogen and oxygen atoms in total. The number of anilines is 1. The van der Waals surface area contributed by atoms with Crippen LogP contribution in [-0.2, 0) is 6.67 Å². The van der Waals surface area contributed by atoms with Crippen LogP contribution in [0.2, 0.25) is 0 Å². The zero-order valence-electron chi connectivity index (χ0n) is 12.5. The monoisotopic (exact) mass is 320 g/mol. The lowest BCUT2D eigenvalue weighted by atomic mass is 10.1. The predicted molar refractivity (Wildman–Crippen MR) is 90.6 cm³/mol. The Morgan fingerprint density at radius 2 is 1.86 bits per heavy atom. The molecule has 1 saturated heterocycles. The zero-order chi connectivity index (χ0) is 14.8. The van der Waals surface area contributed by atoms with Crippen molar-refractivity contribution in [1.29, 1.82) is 0 Å². The van der Waals surface area contributed by atoms with Crippen molar-refractivity contribution >= 4 is 29.2 Å². The number of nitrogens with zero attached hydrogens (tertiary/aromatic N) is 4. The quantitative estimate of drug-likeness (QED) is 0.811. The average molecular weight is 320 g/mol. The van der Waals surface area contributed by atoms with E-state index < -0.39 is 0 Å². The second-order valence-electron chi connectivity index (χ2n) is 5.42. The smallest absolute Gasteiger partial charge is 0.180 e. The van der Waals surface area contributed by atoms with Gasteiger partial charge in [-0.05, 0) is 37.7 Å². The first-order valence-electron chi connectivity index (χ1n) is 7.21. The van der Waals surface area contributed by atoms with Gasteiger partial charge in [0.2, 0.25) is 0 Å². The first-order chi connectivity index (χ1) is 10.1. The summed E-state index contributed by atoms with van der Waals surface area (Å²) in [5.74, 6) is 0. The van der Waals surface area contributed by atoms with Crippen LogP contribution in [0.1, 0.15) is 10.6 Å². The third-order valence-electron chi connectivity index (χ3n) is 3.87. The van der Waals surface area contributed by atoms with Crippen molar-refractivity contribution in [2.75, 3.05) is 31.1 Å². The number of benzene rings is 1. The minimum atomic E-state index is 0.810. The first kappa shape index (κ1) is 14.7. The summed E-state index contributed by atoms with van der Waals surface area (Å²) in [6.45, 7) is 9.21. The summed E-state index contributed by atoms with van der Waals surface area (Å²) in [6.07, 6.45) is 0. The van der Waals surface area contributed by atoms with Crippen LogP contribution in [-0.4, -0.2) is 40.9 Å². The predicted octanol–water partition coefficient (Wildman–Crippen LogP) is 3.07. The molecule has 0 atom stereocenters. The molecule has 1 aromatic carbocycles. The van der Waals surface area contributed by atoms with Crippen LogP contribution in [0.25, 0.3) is 0 Å². The molecule has 2 heterocycles. The maximum absolute atomic E-state index is 5.34. The van der Waals surface area contributed by atoms with E-state index in [9.17, 15) is 0 Å². The van der Waals surface area contributed by atoms with Gasteiger partial charge in [0.05, 0.1) is 6.67 Å². The molecule has 21 heavy (non-hydrogen) atoms. The molecule has 1 aromatic heterocycles. The fraction of sp³-hybridized carbons (Fsp3) is 0.467. The Balaban J connectivity index is 1.62. The van der Waals surface area contributed by atoms with Crippen LogP contribution in [0, 0.1) is 17.8 Å². The molecule has 0 saturated carbocycles. The van der Waals surface area contributed by atoms with Crippen LogP contribution in [0.5, 0.6) is 0 Å². The van der Waals surface area contributed by atoms with E-state index in [0.29, 0.717) is 0 Å². The van der Waals surface area contributed by atoms with E-state index in [0.717, 1.165) is 41.8 Å². The Morgan fingerprint density at radius 1 is 1.14 bits per heavy atom. The summed E-state index contributed by atoms with van der Waals surface area (Å²) in [5, 5.41) is 5.51. The van der Waals surface area contributed by atoms with E-state index in [4.69, 9.17) is 12.2 Å². The normalized spacial score (nSPS) is 16.4. The molecule has 0 N–H and O–H groups in total. The van der Waals surface area contributed by atoms with Crippen LogP contribution >= 0.6 is 23.6 Å². The summed E-state index contributed by atoms with van der Waals surface area (Å²) in [6, 6.07) is 8.61. The highest BCUT2D eigenvalue weighted by Crippen LogP contribution is 2.21. The van der Waals surface area contributed by atoms with Crippen molar-refractivity contribution in [1.82, 2.24) is 14.7 Å². The van der Waals surface area contributed by atoms with Gasteiger partial charge >= 0.3 is 0 Å². The Bertz CT molecular complexity index is 668. The molecular formula is C15H20N4S2. The molecule has 1 aliphatic rings. The molecule has 0 bridgehead atoms. The van der Waals surface area contributed by atoms with E-state index in [-0.39, 0.29) is 0 Å². The van der Waals surface area contributed by atoms with E-state index in [1.54, 1.807) is 11.3 Å². The second-order valence-corrected chi connectivity index (χ2v) is 7.25. The largest absolute Gasteiger partial charge is 0.369 e. The highest BCUT2D eigenvalue weighted by molar-refractivity contribution is 7.73. The van der Waals surface area contributed by atoms with Gasteiger partial charge in [-0.15, -0.1) is 0 Å². The van der Waals surface area contributed by atoms with Gasteiger partial charge < -0.3 is 4.90 Å². The standard InChI is InChI=1S/C15H20N4S2/c1-12-5-3-4-6-14(12)18-9-7-17(8-10-18)11-19-15(20)21-13(2)16-19/h3-6H,7-11H2,1-2H3. The van der Waals surface area contributed by atoms with Crippen molar-refractivity contribution in [2.45, 2.75) is 20.5 Å². The molecule has 6 heteroatoms. The van der Waals surface area contributed by atoms with Crippen molar-refractivity contribution in [3.8, 4) is 0 Å². The second kappa shape index (κ2) is 6.25. The lowest BCUT2D eigenvalue weighted by molar-refractivity contribution is 0.195. The highest BCUT2D eigenvalue weighted by Gasteiger charge is 2.18. The topological polar surface area (TPSA) is 24.3 Å². The average Bonchev–Trinajstić information content (AvgIpc) is 2.78. The van der Waals surface area contributed by atoms with Crippen LogP contribution in [0.15, 0.2) is 24.3 Å². The fourth-order valence-electron chi connectivity index (χ4n) is 2.74. The highest BCUT2D eigenvalue weighted by atomic mass is 32.1. The van der Waals surface area contributed by atoms with Gasteiger partial charge in [0, 0.05) is 31.9 Å². The Morgan fingerprint density at radius 3 is 2.48 bits per heavy atom. The SMILES string of the molecule is Cc1nn(CN2CCN(c3ccccc3C)CC2)c(=S)s1. The Labute approximate surface area is 134 Å². The number of hydrogen-bond donors (Lipinski definition) is 0. The van der Waals surface area contributed by atoms with Gasteiger partial charge in [0.25, 0.3) is 0 Å². The first-order valence-corrected chi connectivity index (χ1v) is 8.43. The van der Waals surface area contributed by atoms with Gasteiger partial charge in [0.1, 0.15) is 5.01 Å². The van der Waals surface area contributed by atoms with Crippen molar-refractivity contribution in [3.63, 3.8) is 0 Å². The number of aromatic nitrogens is 2.